The molecule has 4 rings (SSSR count). The summed E-state index contributed by atoms with van der Waals surface area (Å²) < 4.78 is 15.8. The lowest BCUT2D eigenvalue weighted by Gasteiger charge is -2.39. The number of cyclic esters (lactones) is 1. The maximum Gasteiger partial charge on any atom is 0.338 e. The van der Waals surface area contributed by atoms with Crippen molar-refractivity contribution in [2.24, 2.45) is 5.92 Å². The Morgan fingerprint density at radius 3 is 2.42 bits per heavy atom. The van der Waals surface area contributed by atoms with E-state index >= 15 is 0 Å². The van der Waals surface area contributed by atoms with E-state index in [4.69, 9.17) is 14.2 Å². The second-order valence-electron chi connectivity index (χ2n) is 6.30. The van der Waals surface area contributed by atoms with Crippen LogP contribution in [0.15, 0.2) is 48.0 Å². The van der Waals surface area contributed by atoms with Crippen LogP contribution in [0, 0.1) is 5.92 Å². The molecule has 6 nitrogen and oxygen atoms in total. The first-order chi connectivity index (χ1) is 12.5. The molecule has 1 aliphatic heterocycles. The van der Waals surface area contributed by atoms with Gasteiger partial charge in [0.1, 0.15) is 18.0 Å². The zero-order valence-electron chi connectivity index (χ0n) is 14.4. The zero-order valence-corrected chi connectivity index (χ0v) is 14.4. The van der Waals surface area contributed by atoms with E-state index < -0.39 is 17.5 Å². The highest BCUT2D eigenvalue weighted by molar-refractivity contribution is 6.00. The molecular formula is C20H18O6. The fraction of sp³-hybridized carbons (Fsp3) is 0.250. The first kappa shape index (κ1) is 16.5. The predicted molar refractivity (Wildman–Crippen MR) is 93.0 cm³/mol. The van der Waals surface area contributed by atoms with Gasteiger partial charge >= 0.3 is 5.97 Å². The average Bonchev–Trinajstić information content (AvgIpc) is 3.08. The number of esters is 1. The van der Waals surface area contributed by atoms with Gasteiger partial charge in [-0.2, -0.15) is 0 Å². The Hall–Kier alpha value is -2.99. The fourth-order valence-electron chi connectivity index (χ4n) is 3.83. The van der Waals surface area contributed by atoms with Gasteiger partial charge in [-0.05, 0) is 17.7 Å². The smallest absolute Gasteiger partial charge is 0.338 e. The molecule has 1 saturated heterocycles. The lowest BCUT2D eigenvalue weighted by Crippen LogP contribution is -2.41. The number of ether oxygens (including phenoxy) is 3. The van der Waals surface area contributed by atoms with E-state index in [1.807, 2.05) is 18.2 Å². The summed E-state index contributed by atoms with van der Waals surface area (Å²) in [7, 11) is 2.98. The van der Waals surface area contributed by atoms with Crippen LogP contribution in [0.25, 0.3) is 5.76 Å². The van der Waals surface area contributed by atoms with Crippen molar-refractivity contribution in [2.75, 3.05) is 20.8 Å². The molecule has 2 aromatic carbocycles. The molecule has 0 bridgehead atoms. The molecule has 26 heavy (non-hydrogen) atoms. The largest absolute Gasteiger partial charge is 0.507 e. The average molecular weight is 354 g/mol. The molecule has 1 heterocycles. The highest BCUT2D eigenvalue weighted by Gasteiger charge is 2.54. The molecule has 2 atom stereocenters. The van der Waals surface area contributed by atoms with Gasteiger partial charge in [0.15, 0.2) is 11.5 Å². The van der Waals surface area contributed by atoms with Gasteiger partial charge in [-0.1, -0.05) is 30.3 Å². The summed E-state index contributed by atoms with van der Waals surface area (Å²) in [4.78, 5) is 12.2. The van der Waals surface area contributed by atoms with Gasteiger partial charge in [0.25, 0.3) is 0 Å². The van der Waals surface area contributed by atoms with Crippen LogP contribution in [0.3, 0.4) is 0 Å². The van der Waals surface area contributed by atoms with Gasteiger partial charge < -0.3 is 24.4 Å². The molecular weight excluding hydrogens is 336 g/mol. The first-order valence-electron chi connectivity index (χ1n) is 8.17. The lowest BCUT2D eigenvalue weighted by molar-refractivity contribution is -0.135. The van der Waals surface area contributed by atoms with Gasteiger partial charge in [0.05, 0.1) is 25.7 Å². The van der Waals surface area contributed by atoms with Crippen LogP contribution in [0.1, 0.15) is 16.7 Å². The summed E-state index contributed by atoms with van der Waals surface area (Å²) in [5.41, 5.74) is -0.119. The van der Waals surface area contributed by atoms with Crippen LogP contribution in [0.2, 0.25) is 0 Å². The molecule has 2 unspecified atom stereocenters. The first-order valence-corrected chi connectivity index (χ1v) is 8.17. The quantitative estimate of drug-likeness (QED) is 0.824. The molecule has 0 aromatic heterocycles. The topological polar surface area (TPSA) is 85.2 Å². The number of carbonyl (C=O) groups excluding carboxylic acids is 1. The summed E-state index contributed by atoms with van der Waals surface area (Å²) in [6.07, 6.45) is 0. The third-order valence-corrected chi connectivity index (χ3v) is 5.11. The molecule has 1 aliphatic carbocycles. The van der Waals surface area contributed by atoms with Crippen molar-refractivity contribution >= 4 is 11.7 Å². The van der Waals surface area contributed by atoms with Crippen LogP contribution in [0.5, 0.6) is 11.5 Å². The standard InChI is InChI=1S/C20H18O6/c1-24-15-8-12-13(9-16(15)25-2)20(23,11-6-4-3-5-7-11)14-10-26-19(22)17(14)18(12)21/h3-9,14,21,23H,10H2,1-2H3. The summed E-state index contributed by atoms with van der Waals surface area (Å²) in [6, 6.07) is 12.2. The van der Waals surface area contributed by atoms with Crippen molar-refractivity contribution in [3.8, 4) is 11.5 Å². The summed E-state index contributed by atoms with van der Waals surface area (Å²) in [5, 5.41) is 22.5. The van der Waals surface area contributed by atoms with Gasteiger partial charge in [0, 0.05) is 11.1 Å². The van der Waals surface area contributed by atoms with E-state index in [9.17, 15) is 15.0 Å². The fourth-order valence-corrected chi connectivity index (χ4v) is 3.83. The number of hydrogen-bond acceptors (Lipinski definition) is 6. The monoisotopic (exact) mass is 354 g/mol. The Balaban J connectivity index is 2.07. The SMILES string of the molecule is COc1cc2c(cc1OC)C(O)(c1ccccc1)C1COC(=O)C1=C2O. The molecule has 6 heteroatoms. The number of fused-ring (bicyclic) bond motifs is 2. The van der Waals surface area contributed by atoms with Gasteiger partial charge in [-0.3, -0.25) is 0 Å². The molecule has 2 N–H and O–H groups in total. The molecule has 2 aromatic rings. The van der Waals surface area contributed by atoms with Crippen molar-refractivity contribution in [3.05, 3.63) is 64.7 Å². The van der Waals surface area contributed by atoms with Gasteiger partial charge in [0.2, 0.25) is 0 Å². The Labute approximate surface area is 150 Å². The number of hydrogen-bond donors (Lipinski definition) is 2. The van der Waals surface area contributed by atoms with E-state index in [1.165, 1.54) is 14.2 Å². The van der Waals surface area contributed by atoms with Crippen LogP contribution < -0.4 is 9.47 Å². The predicted octanol–water partition coefficient (Wildman–Crippen LogP) is 2.40. The molecule has 0 amide bonds. The third-order valence-electron chi connectivity index (χ3n) is 5.11. The molecule has 134 valence electrons. The zero-order chi connectivity index (χ0) is 18.5. The van der Waals surface area contributed by atoms with E-state index in [0.717, 1.165) is 0 Å². The Morgan fingerprint density at radius 2 is 1.77 bits per heavy atom. The van der Waals surface area contributed by atoms with Crippen molar-refractivity contribution in [2.45, 2.75) is 5.60 Å². The second kappa shape index (κ2) is 5.78. The van der Waals surface area contributed by atoms with Crippen molar-refractivity contribution in [1.82, 2.24) is 0 Å². The number of aliphatic hydroxyl groups excluding tert-OH is 1. The molecule has 2 aliphatic rings. The summed E-state index contributed by atoms with van der Waals surface area (Å²) in [6.45, 7) is -0.0165. The summed E-state index contributed by atoms with van der Waals surface area (Å²) in [5.74, 6) is -0.736. The number of rotatable bonds is 3. The Bertz CT molecular complexity index is 917. The maximum absolute atomic E-state index is 12.2. The molecule has 1 fully saturated rings. The lowest BCUT2D eigenvalue weighted by atomic mass is 9.68. The van der Waals surface area contributed by atoms with Crippen molar-refractivity contribution in [3.63, 3.8) is 0 Å². The van der Waals surface area contributed by atoms with E-state index in [2.05, 4.69) is 0 Å². The minimum atomic E-state index is -1.55. The van der Waals surface area contributed by atoms with E-state index in [-0.39, 0.29) is 17.9 Å². The highest BCUT2D eigenvalue weighted by Crippen LogP contribution is 2.52. The molecule has 0 spiro atoms. The summed E-state index contributed by atoms with van der Waals surface area (Å²) >= 11 is 0. The van der Waals surface area contributed by atoms with Crippen molar-refractivity contribution in [1.29, 1.82) is 0 Å². The molecule has 0 radical (unpaired) electrons. The minimum absolute atomic E-state index is 0.0165. The van der Waals surface area contributed by atoms with E-state index in [0.29, 0.717) is 28.2 Å². The Morgan fingerprint density at radius 1 is 1.12 bits per heavy atom. The Kier molecular flexibility index (Phi) is 3.66. The number of carbonyl (C=O) groups is 1. The normalized spacial score (nSPS) is 24.0. The number of methoxy groups -OCH3 is 2. The second-order valence-corrected chi connectivity index (χ2v) is 6.30. The minimum Gasteiger partial charge on any atom is -0.507 e. The van der Waals surface area contributed by atoms with Crippen LogP contribution in [-0.2, 0) is 15.1 Å². The van der Waals surface area contributed by atoms with Crippen LogP contribution >= 0.6 is 0 Å². The van der Waals surface area contributed by atoms with Crippen LogP contribution in [-0.4, -0.2) is 37.0 Å². The van der Waals surface area contributed by atoms with Gasteiger partial charge in [-0.25, -0.2) is 4.79 Å². The van der Waals surface area contributed by atoms with E-state index in [1.54, 1.807) is 24.3 Å². The van der Waals surface area contributed by atoms with Crippen molar-refractivity contribution < 1.29 is 29.2 Å². The third kappa shape index (κ3) is 2.05. The van der Waals surface area contributed by atoms with Crippen LogP contribution in [0.4, 0.5) is 0 Å². The number of aliphatic hydroxyl groups is 2. The highest BCUT2D eigenvalue weighted by atomic mass is 16.5. The number of benzene rings is 2. The maximum atomic E-state index is 12.2. The molecule has 0 saturated carbocycles. The van der Waals surface area contributed by atoms with Gasteiger partial charge in [-0.15, -0.1) is 0 Å².